The van der Waals surface area contributed by atoms with Gasteiger partial charge in [0.1, 0.15) is 6.04 Å². The van der Waals surface area contributed by atoms with Gasteiger partial charge in [0.25, 0.3) is 0 Å². The molecule has 0 aromatic carbocycles. The van der Waals surface area contributed by atoms with Gasteiger partial charge in [0.2, 0.25) is 0 Å². The summed E-state index contributed by atoms with van der Waals surface area (Å²) in [5.74, 6) is 0. The molecule has 1 unspecified atom stereocenters. The molecule has 0 spiro atoms. The summed E-state index contributed by atoms with van der Waals surface area (Å²) in [7, 11) is 0. The number of unbranched alkanes of at least 4 members (excludes halogenated alkanes) is 1. The Morgan fingerprint density at radius 2 is 2.30 bits per heavy atom. The van der Waals surface area contributed by atoms with Crippen LogP contribution in [0.2, 0.25) is 0 Å². The van der Waals surface area contributed by atoms with E-state index in [4.69, 9.17) is 0 Å². The number of nitroso groups, excluding NO2 is 1. The Labute approximate surface area is 62.3 Å². The summed E-state index contributed by atoms with van der Waals surface area (Å²) in [6.07, 6.45) is 4.25. The van der Waals surface area contributed by atoms with Crippen molar-refractivity contribution in [3.05, 3.63) is 16.6 Å². The Kier molecular flexibility index (Phi) is 4.81. The van der Waals surface area contributed by atoms with E-state index >= 15 is 0 Å². The molecule has 0 aliphatic rings. The van der Waals surface area contributed by atoms with Crippen molar-refractivity contribution in [3.8, 4) is 0 Å². The van der Waals surface area contributed by atoms with Gasteiger partial charge in [0.05, 0.1) is 0 Å². The molecule has 0 saturated heterocycles. The van der Waals surface area contributed by atoms with E-state index in [1.54, 1.807) is 0 Å². The molecule has 0 aliphatic heterocycles. The van der Waals surface area contributed by atoms with E-state index in [0.717, 1.165) is 18.4 Å². The molecule has 0 N–H and O–H groups in total. The van der Waals surface area contributed by atoms with E-state index in [-0.39, 0.29) is 6.04 Å². The second-order valence-corrected chi connectivity index (χ2v) is 2.52. The molecular formula is C8H15NO. The van der Waals surface area contributed by atoms with Crippen LogP contribution < -0.4 is 0 Å². The average Bonchev–Trinajstić information content (AvgIpc) is 1.98. The van der Waals surface area contributed by atoms with Gasteiger partial charge in [-0.1, -0.05) is 24.6 Å². The van der Waals surface area contributed by atoms with E-state index in [2.05, 4.69) is 18.2 Å². The smallest absolute Gasteiger partial charge is 0.110 e. The first-order valence-electron chi connectivity index (χ1n) is 3.71. The van der Waals surface area contributed by atoms with E-state index in [1.807, 2.05) is 13.8 Å². The first kappa shape index (κ1) is 9.34. The fourth-order valence-corrected chi connectivity index (χ4v) is 0.626. The van der Waals surface area contributed by atoms with Gasteiger partial charge >= 0.3 is 0 Å². The molecule has 0 bridgehead atoms. The molecule has 0 fully saturated rings. The number of nitrogens with zero attached hydrogens (tertiary/aromatic N) is 1. The summed E-state index contributed by atoms with van der Waals surface area (Å²) >= 11 is 0. The van der Waals surface area contributed by atoms with Crippen LogP contribution in [-0.2, 0) is 0 Å². The number of rotatable bonds is 4. The fourth-order valence-electron chi connectivity index (χ4n) is 0.626. The quantitative estimate of drug-likeness (QED) is 0.437. The summed E-state index contributed by atoms with van der Waals surface area (Å²) in [6, 6.07) is -0.147. The largest absolute Gasteiger partial charge is 0.150 e. The van der Waals surface area contributed by atoms with E-state index in [1.165, 1.54) is 0 Å². The maximum absolute atomic E-state index is 10.0. The van der Waals surface area contributed by atoms with Gasteiger partial charge < -0.3 is 0 Å². The molecule has 0 saturated carbocycles. The molecule has 0 aromatic rings. The molecular weight excluding hydrogens is 126 g/mol. The van der Waals surface area contributed by atoms with Crippen LogP contribution in [0.25, 0.3) is 0 Å². The lowest BCUT2D eigenvalue weighted by molar-refractivity contribution is 0.833. The van der Waals surface area contributed by atoms with Gasteiger partial charge in [0, 0.05) is 0 Å². The van der Waals surface area contributed by atoms with Crippen LogP contribution in [0.3, 0.4) is 0 Å². The van der Waals surface area contributed by atoms with Crippen LogP contribution in [0.4, 0.5) is 0 Å². The highest BCUT2D eigenvalue weighted by atomic mass is 16.3. The van der Waals surface area contributed by atoms with Crippen molar-refractivity contribution in [2.24, 2.45) is 5.18 Å². The van der Waals surface area contributed by atoms with Crippen LogP contribution in [0.15, 0.2) is 16.8 Å². The summed E-state index contributed by atoms with van der Waals surface area (Å²) in [5, 5.41) is 2.92. The number of hydrogen-bond donors (Lipinski definition) is 0. The third kappa shape index (κ3) is 3.38. The Hall–Kier alpha value is -0.660. The van der Waals surface area contributed by atoms with Crippen molar-refractivity contribution in [1.82, 2.24) is 0 Å². The molecule has 1 atom stereocenters. The zero-order chi connectivity index (χ0) is 7.98. The Morgan fingerprint density at radius 1 is 1.70 bits per heavy atom. The summed E-state index contributed by atoms with van der Waals surface area (Å²) < 4.78 is 0. The minimum atomic E-state index is -0.147. The van der Waals surface area contributed by atoms with Gasteiger partial charge in [-0.25, -0.2) is 0 Å². The van der Waals surface area contributed by atoms with Crippen LogP contribution in [-0.4, -0.2) is 6.04 Å². The van der Waals surface area contributed by atoms with Gasteiger partial charge in [-0.15, -0.1) is 0 Å². The summed E-state index contributed by atoms with van der Waals surface area (Å²) in [6.45, 7) is 5.87. The highest BCUT2D eigenvalue weighted by molar-refractivity contribution is 5.05. The highest BCUT2D eigenvalue weighted by Gasteiger charge is 2.00. The zero-order valence-corrected chi connectivity index (χ0v) is 6.92. The molecule has 0 radical (unpaired) electrons. The SMILES string of the molecule is CCC/C=C(/C)C(C)N=O. The van der Waals surface area contributed by atoms with Gasteiger partial charge in [0.15, 0.2) is 0 Å². The molecule has 0 aromatic heterocycles. The Bertz CT molecular complexity index is 129. The molecule has 0 rings (SSSR count). The van der Waals surface area contributed by atoms with E-state index in [0.29, 0.717) is 0 Å². The second-order valence-electron chi connectivity index (χ2n) is 2.52. The topological polar surface area (TPSA) is 29.4 Å². The lowest BCUT2D eigenvalue weighted by Crippen LogP contribution is -1.97. The summed E-state index contributed by atoms with van der Waals surface area (Å²) in [4.78, 5) is 10.0. The maximum Gasteiger partial charge on any atom is 0.110 e. The Balaban J connectivity index is 3.78. The molecule has 0 amide bonds. The predicted octanol–water partition coefficient (Wildman–Crippen LogP) is 2.89. The first-order chi connectivity index (χ1) is 4.72. The minimum Gasteiger partial charge on any atom is -0.150 e. The van der Waals surface area contributed by atoms with Crippen molar-refractivity contribution in [3.63, 3.8) is 0 Å². The monoisotopic (exact) mass is 141 g/mol. The highest BCUT2D eigenvalue weighted by Crippen LogP contribution is 2.06. The lowest BCUT2D eigenvalue weighted by atomic mass is 10.1. The van der Waals surface area contributed by atoms with Gasteiger partial charge in [-0.3, -0.25) is 0 Å². The summed E-state index contributed by atoms with van der Waals surface area (Å²) in [5.41, 5.74) is 1.08. The van der Waals surface area contributed by atoms with Crippen LogP contribution in [0, 0.1) is 4.91 Å². The first-order valence-corrected chi connectivity index (χ1v) is 3.71. The average molecular weight is 141 g/mol. The molecule has 0 aliphatic carbocycles. The minimum absolute atomic E-state index is 0.147. The van der Waals surface area contributed by atoms with E-state index in [9.17, 15) is 4.91 Å². The van der Waals surface area contributed by atoms with Crippen molar-refractivity contribution in [2.45, 2.75) is 39.7 Å². The van der Waals surface area contributed by atoms with Crippen molar-refractivity contribution in [2.75, 3.05) is 0 Å². The predicted molar refractivity (Wildman–Crippen MR) is 43.9 cm³/mol. The van der Waals surface area contributed by atoms with Gasteiger partial charge in [-0.05, 0) is 25.8 Å². The second kappa shape index (κ2) is 5.15. The third-order valence-electron chi connectivity index (χ3n) is 1.57. The molecule has 10 heavy (non-hydrogen) atoms. The zero-order valence-electron chi connectivity index (χ0n) is 6.92. The van der Waals surface area contributed by atoms with Crippen molar-refractivity contribution < 1.29 is 0 Å². The lowest BCUT2D eigenvalue weighted by Gasteiger charge is -2.00. The third-order valence-corrected chi connectivity index (χ3v) is 1.57. The van der Waals surface area contributed by atoms with Gasteiger partial charge in [-0.2, -0.15) is 4.91 Å². The molecule has 0 heterocycles. The molecule has 2 heteroatoms. The molecule has 2 nitrogen and oxygen atoms in total. The number of hydrogen-bond acceptors (Lipinski definition) is 2. The molecule has 58 valence electrons. The normalized spacial score (nSPS) is 14.9. The fraction of sp³-hybridized carbons (Fsp3) is 0.750. The van der Waals surface area contributed by atoms with Crippen LogP contribution in [0.1, 0.15) is 33.6 Å². The van der Waals surface area contributed by atoms with E-state index < -0.39 is 0 Å². The van der Waals surface area contributed by atoms with Crippen LogP contribution >= 0.6 is 0 Å². The van der Waals surface area contributed by atoms with Crippen molar-refractivity contribution >= 4 is 0 Å². The Morgan fingerprint density at radius 3 is 2.70 bits per heavy atom. The maximum atomic E-state index is 10.0. The standard InChI is InChI=1S/C8H15NO/c1-4-5-6-7(2)8(3)9-10/h6,8H,4-5H2,1-3H3/b7-6-. The number of allylic oxidation sites excluding steroid dienone is 1. The van der Waals surface area contributed by atoms with Crippen molar-refractivity contribution in [1.29, 1.82) is 0 Å². The van der Waals surface area contributed by atoms with Crippen LogP contribution in [0.5, 0.6) is 0 Å².